The van der Waals surface area contributed by atoms with E-state index in [1.54, 1.807) is 53.6 Å². The van der Waals surface area contributed by atoms with Crippen molar-refractivity contribution in [3.05, 3.63) is 108 Å². The molecule has 3 aromatic carbocycles. The van der Waals surface area contributed by atoms with Gasteiger partial charge in [-0.2, -0.15) is 5.26 Å². The van der Waals surface area contributed by atoms with Crippen molar-refractivity contribution in [3.8, 4) is 17.6 Å². The van der Waals surface area contributed by atoms with E-state index < -0.39 is 0 Å². The zero-order chi connectivity index (χ0) is 21.3. The van der Waals surface area contributed by atoms with Gasteiger partial charge in [0.15, 0.2) is 5.76 Å². The standard InChI is InChI=1S/C25H22N2O3/c1-27(2)17-24(30-21-14-12-19(16-26)13-15-21)25(28)22-10-6-7-11-23(22)29-18-20-8-4-3-5-9-20/h3-15,17H,18H2,1-2H3/b24-17-. The van der Waals surface area contributed by atoms with Gasteiger partial charge in [0, 0.05) is 20.3 Å². The smallest absolute Gasteiger partial charge is 0.233 e. The Morgan fingerprint density at radius 2 is 1.63 bits per heavy atom. The first kappa shape index (κ1) is 20.7. The molecule has 0 N–H and O–H groups in total. The maximum atomic E-state index is 13.3. The van der Waals surface area contributed by atoms with Crippen LogP contribution in [0.15, 0.2) is 90.8 Å². The summed E-state index contributed by atoms with van der Waals surface area (Å²) in [5, 5.41) is 8.95. The number of carbonyl (C=O) groups is 1. The van der Waals surface area contributed by atoms with Gasteiger partial charge in [0.25, 0.3) is 0 Å². The molecule has 0 unspecified atom stereocenters. The Morgan fingerprint density at radius 3 is 2.30 bits per heavy atom. The largest absolute Gasteiger partial charge is 0.488 e. The van der Waals surface area contributed by atoms with Gasteiger partial charge in [0.05, 0.1) is 17.2 Å². The number of allylic oxidation sites excluding steroid dienone is 1. The Hall–Kier alpha value is -4.04. The van der Waals surface area contributed by atoms with Gasteiger partial charge in [-0.3, -0.25) is 4.79 Å². The van der Waals surface area contributed by atoms with Crippen molar-refractivity contribution in [1.82, 2.24) is 4.90 Å². The topological polar surface area (TPSA) is 62.6 Å². The van der Waals surface area contributed by atoms with Gasteiger partial charge >= 0.3 is 0 Å². The predicted molar refractivity (Wildman–Crippen MR) is 115 cm³/mol. The summed E-state index contributed by atoms with van der Waals surface area (Å²) in [5.74, 6) is 0.815. The molecule has 0 spiro atoms. The molecule has 0 fully saturated rings. The maximum Gasteiger partial charge on any atom is 0.233 e. The Bertz CT molecular complexity index is 1070. The van der Waals surface area contributed by atoms with E-state index >= 15 is 0 Å². The van der Waals surface area contributed by atoms with E-state index in [0.717, 1.165) is 5.56 Å². The molecule has 30 heavy (non-hydrogen) atoms. The van der Waals surface area contributed by atoms with E-state index in [1.807, 2.05) is 50.5 Å². The van der Waals surface area contributed by atoms with Gasteiger partial charge in [0.2, 0.25) is 5.78 Å². The zero-order valence-corrected chi connectivity index (χ0v) is 16.9. The van der Waals surface area contributed by atoms with Crippen molar-refractivity contribution < 1.29 is 14.3 Å². The van der Waals surface area contributed by atoms with Crippen LogP contribution in [0.4, 0.5) is 0 Å². The second-order valence-electron chi connectivity index (χ2n) is 6.79. The molecule has 0 aliphatic carbocycles. The maximum absolute atomic E-state index is 13.3. The van der Waals surface area contributed by atoms with Crippen LogP contribution in [0.3, 0.4) is 0 Å². The van der Waals surface area contributed by atoms with Gasteiger partial charge in [-0.15, -0.1) is 0 Å². The lowest BCUT2D eigenvalue weighted by Crippen LogP contribution is -2.15. The lowest BCUT2D eigenvalue weighted by Gasteiger charge is -2.15. The molecule has 3 aromatic rings. The van der Waals surface area contributed by atoms with Crippen LogP contribution in [0.1, 0.15) is 21.5 Å². The second-order valence-corrected chi connectivity index (χ2v) is 6.79. The van der Waals surface area contributed by atoms with Crippen LogP contribution in [0, 0.1) is 11.3 Å². The third-order valence-electron chi connectivity index (χ3n) is 4.18. The molecular weight excluding hydrogens is 376 g/mol. The lowest BCUT2D eigenvalue weighted by molar-refractivity contribution is 0.0978. The molecule has 150 valence electrons. The second kappa shape index (κ2) is 9.94. The van der Waals surface area contributed by atoms with Crippen molar-refractivity contribution in [3.63, 3.8) is 0 Å². The Labute approximate surface area is 176 Å². The summed E-state index contributed by atoms with van der Waals surface area (Å²) in [6.45, 7) is 0.355. The van der Waals surface area contributed by atoms with Crippen LogP contribution in [-0.4, -0.2) is 24.8 Å². The minimum absolute atomic E-state index is 0.153. The number of para-hydroxylation sites is 1. The summed E-state index contributed by atoms with van der Waals surface area (Å²) in [7, 11) is 3.63. The van der Waals surface area contributed by atoms with E-state index in [-0.39, 0.29) is 11.5 Å². The highest BCUT2D eigenvalue weighted by atomic mass is 16.5. The first-order valence-electron chi connectivity index (χ1n) is 9.43. The number of Topliss-reactive ketones (excluding diaryl/α,β-unsaturated/α-hetero) is 1. The van der Waals surface area contributed by atoms with Gasteiger partial charge in [-0.25, -0.2) is 0 Å². The lowest BCUT2D eigenvalue weighted by atomic mass is 10.1. The molecule has 0 saturated heterocycles. The number of ketones is 1. The van der Waals surface area contributed by atoms with Crippen molar-refractivity contribution >= 4 is 5.78 Å². The van der Waals surface area contributed by atoms with E-state index in [0.29, 0.717) is 29.2 Å². The third-order valence-corrected chi connectivity index (χ3v) is 4.18. The fourth-order valence-electron chi connectivity index (χ4n) is 2.74. The molecule has 0 amide bonds. The fourth-order valence-corrected chi connectivity index (χ4v) is 2.74. The Balaban J connectivity index is 1.84. The molecule has 0 saturated carbocycles. The number of carbonyl (C=O) groups excluding carboxylic acids is 1. The summed E-state index contributed by atoms with van der Waals surface area (Å²) in [5.41, 5.74) is 1.94. The molecular formula is C25H22N2O3. The van der Waals surface area contributed by atoms with E-state index in [9.17, 15) is 4.79 Å². The molecule has 0 radical (unpaired) electrons. The third kappa shape index (κ3) is 5.49. The highest BCUT2D eigenvalue weighted by Crippen LogP contribution is 2.24. The number of nitrogens with zero attached hydrogens (tertiary/aromatic N) is 2. The normalized spacial score (nSPS) is 10.8. The van der Waals surface area contributed by atoms with Crippen LogP contribution >= 0.6 is 0 Å². The van der Waals surface area contributed by atoms with Crippen LogP contribution in [-0.2, 0) is 6.61 Å². The minimum atomic E-state index is -0.295. The molecule has 5 heteroatoms. The van der Waals surface area contributed by atoms with Gasteiger partial charge < -0.3 is 14.4 Å². The van der Waals surface area contributed by atoms with Gasteiger partial charge in [-0.1, -0.05) is 42.5 Å². The van der Waals surface area contributed by atoms with Crippen LogP contribution in [0.2, 0.25) is 0 Å². The molecule has 0 aromatic heterocycles. The van der Waals surface area contributed by atoms with Gasteiger partial charge in [0.1, 0.15) is 18.1 Å². The molecule has 0 atom stereocenters. The Kier molecular flexibility index (Phi) is 6.86. The number of hydrogen-bond acceptors (Lipinski definition) is 5. The van der Waals surface area contributed by atoms with Crippen LogP contribution in [0.5, 0.6) is 11.5 Å². The number of nitriles is 1. The van der Waals surface area contributed by atoms with Crippen molar-refractivity contribution in [2.75, 3.05) is 14.1 Å². The average molecular weight is 398 g/mol. The molecule has 0 aliphatic rings. The first-order chi connectivity index (χ1) is 14.6. The molecule has 5 nitrogen and oxygen atoms in total. The molecule has 3 rings (SSSR count). The summed E-state index contributed by atoms with van der Waals surface area (Å²) in [4.78, 5) is 15.0. The summed E-state index contributed by atoms with van der Waals surface area (Å²) < 4.78 is 11.8. The van der Waals surface area contributed by atoms with Gasteiger partial charge in [-0.05, 0) is 42.0 Å². The fraction of sp³-hybridized carbons (Fsp3) is 0.120. The monoisotopic (exact) mass is 398 g/mol. The highest BCUT2D eigenvalue weighted by molar-refractivity contribution is 6.09. The molecule has 0 aliphatic heterocycles. The SMILES string of the molecule is CN(C)/C=C(\Oc1ccc(C#N)cc1)C(=O)c1ccccc1OCc1ccccc1. The molecule has 0 bridgehead atoms. The summed E-state index contributed by atoms with van der Waals surface area (Å²) >= 11 is 0. The van der Waals surface area contributed by atoms with E-state index in [1.165, 1.54) is 0 Å². The Morgan fingerprint density at radius 1 is 0.967 bits per heavy atom. The number of benzene rings is 3. The summed E-state index contributed by atoms with van der Waals surface area (Å²) in [6.07, 6.45) is 1.62. The number of rotatable bonds is 8. The zero-order valence-electron chi connectivity index (χ0n) is 16.9. The first-order valence-corrected chi connectivity index (χ1v) is 9.43. The predicted octanol–water partition coefficient (Wildman–Crippen LogP) is 4.80. The van der Waals surface area contributed by atoms with E-state index in [4.69, 9.17) is 14.7 Å². The van der Waals surface area contributed by atoms with Crippen LogP contribution < -0.4 is 9.47 Å². The minimum Gasteiger partial charge on any atom is -0.488 e. The van der Waals surface area contributed by atoms with Crippen molar-refractivity contribution in [2.24, 2.45) is 0 Å². The highest BCUT2D eigenvalue weighted by Gasteiger charge is 2.20. The summed E-state index contributed by atoms with van der Waals surface area (Å²) in [6, 6.07) is 25.5. The average Bonchev–Trinajstić information content (AvgIpc) is 2.78. The number of hydrogen-bond donors (Lipinski definition) is 0. The quantitative estimate of drug-likeness (QED) is 0.310. The number of ether oxygens (including phenoxy) is 2. The molecule has 0 heterocycles. The van der Waals surface area contributed by atoms with Crippen molar-refractivity contribution in [1.29, 1.82) is 5.26 Å². The van der Waals surface area contributed by atoms with E-state index in [2.05, 4.69) is 6.07 Å². The van der Waals surface area contributed by atoms with Crippen molar-refractivity contribution in [2.45, 2.75) is 6.61 Å². The van der Waals surface area contributed by atoms with Crippen LogP contribution in [0.25, 0.3) is 0 Å².